The number of rotatable bonds is 9. The highest BCUT2D eigenvalue weighted by Gasteiger charge is 2.35. The lowest BCUT2D eigenvalue weighted by atomic mass is 10.0. The Morgan fingerprint density at radius 2 is 2.00 bits per heavy atom. The largest absolute Gasteiger partial charge is 0.481 e. The zero-order valence-electron chi connectivity index (χ0n) is 14.1. The third-order valence-corrected chi connectivity index (χ3v) is 4.43. The number of amides is 1. The molecule has 5 heteroatoms. The van der Waals surface area contributed by atoms with Crippen LogP contribution in [-0.4, -0.2) is 59.0 Å². The average molecular weight is 330 g/mol. The van der Waals surface area contributed by atoms with Gasteiger partial charge in [0.15, 0.2) is 0 Å². The predicted octanol–water partition coefficient (Wildman–Crippen LogP) is 2.18. The number of allylic oxidation sites excluding steroid dienone is 1. The van der Waals surface area contributed by atoms with Crippen molar-refractivity contribution in [2.45, 2.75) is 31.7 Å². The molecule has 0 aromatic heterocycles. The molecule has 1 unspecified atom stereocenters. The van der Waals surface area contributed by atoms with E-state index in [9.17, 15) is 14.7 Å². The molecule has 1 heterocycles. The minimum Gasteiger partial charge on any atom is -0.481 e. The summed E-state index contributed by atoms with van der Waals surface area (Å²) >= 11 is 0. The van der Waals surface area contributed by atoms with Gasteiger partial charge in [0.25, 0.3) is 0 Å². The summed E-state index contributed by atoms with van der Waals surface area (Å²) < 4.78 is 0. The number of carboxylic acid groups (broad SMARTS) is 1. The highest BCUT2D eigenvalue weighted by molar-refractivity contribution is 5.86. The van der Waals surface area contributed by atoms with E-state index < -0.39 is 12.0 Å². The molecular formula is C19H26N2O3. The highest BCUT2D eigenvalue weighted by Crippen LogP contribution is 2.16. The smallest absolute Gasteiger partial charge is 0.305 e. The number of carboxylic acids is 1. The van der Waals surface area contributed by atoms with Crippen molar-refractivity contribution in [3.05, 3.63) is 48.6 Å². The van der Waals surface area contributed by atoms with E-state index in [0.29, 0.717) is 19.6 Å². The fourth-order valence-electron chi connectivity index (χ4n) is 3.10. The van der Waals surface area contributed by atoms with Gasteiger partial charge in [0.2, 0.25) is 5.91 Å². The van der Waals surface area contributed by atoms with Gasteiger partial charge < -0.3 is 10.0 Å². The molecule has 1 amide bonds. The molecule has 1 atom stereocenters. The summed E-state index contributed by atoms with van der Waals surface area (Å²) in [6.45, 7) is 6.46. The van der Waals surface area contributed by atoms with Crippen LogP contribution in [0.2, 0.25) is 0 Å². The molecule has 0 aliphatic carbocycles. The molecule has 1 aromatic rings. The Kier molecular flexibility index (Phi) is 7.00. The molecule has 0 spiro atoms. The van der Waals surface area contributed by atoms with Crippen LogP contribution in [-0.2, 0) is 16.0 Å². The van der Waals surface area contributed by atoms with Crippen molar-refractivity contribution in [2.24, 2.45) is 0 Å². The predicted molar refractivity (Wildman–Crippen MR) is 93.8 cm³/mol. The lowest BCUT2D eigenvalue weighted by molar-refractivity contribution is -0.149. The molecule has 5 nitrogen and oxygen atoms in total. The molecule has 1 saturated heterocycles. The third kappa shape index (κ3) is 5.20. The van der Waals surface area contributed by atoms with Gasteiger partial charge in [-0.05, 0) is 24.8 Å². The van der Waals surface area contributed by atoms with E-state index in [1.165, 1.54) is 5.56 Å². The van der Waals surface area contributed by atoms with Crippen molar-refractivity contribution in [2.75, 3.05) is 26.2 Å². The summed E-state index contributed by atoms with van der Waals surface area (Å²) in [5, 5.41) is 9.18. The van der Waals surface area contributed by atoms with Crippen LogP contribution < -0.4 is 0 Å². The van der Waals surface area contributed by atoms with Gasteiger partial charge in [-0.25, -0.2) is 0 Å². The van der Waals surface area contributed by atoms with Gasteiger partial charge in [-0.15, -0.1) is 6.58 Å². The van der Waals surface area contributed by atoms with Crippen molar-refractivity contribution in [1.29, 1.82) is 0 Å². The van der Waals surface area contributed by atoms with Crippen LogP contribution in [0.25, 0.3) is 0 Å². The van der Waals surface area contributed by atoms with Crippen molar-refractivity contribution in [3.8, 4) is 0 Å². The van der Waals surface area contributed by atoms with Gasteiger partial charge in [0, 0.05) is 26.2 Å². The van der Waals surface area contributed by atoms with E-state index in [0.717, 1.165) is 25.8 Å². The molecular weight excluding hydrogens is 304 g/mol. The molecule has 24 heavy (non-hydrogen) atoms. The number of aliphatic carboxylic acids is 1. The molecule has 1 aliphatic rings. The maximum atomic E-state index is 12.7. The fourth-order valence-corrected chi connectivity index (χ4v) is 3.10. The highest BCUT2D eigenvalue weighted by atomic mass is 16.4. The lowest BCUT2D eigenvalue weighted by Gasteiger charge is -2.40. The number of carbonyl (C=O) groups excluding carboxylic acids is 1. The van der Waals surface area contributed by atoms with Crippen molar-refractivity contribution in [3.63, 3.8) is 0 Å². The first kappa shape index (κ1) is 18.2. The molecule has 1 N–H and O–H groups in total. The minimum absolute atomic E-state index is 0.0548. The van der Waals surface area contributed by atoms with Gasteiger partial charge >= 0.3 is 5.97 Å². The van der Waals surface area contributed by atoms with Crippen LogP contribution in [0.4, 0.5) is 0 Å². The molecule has 0 saturated carbocycles. The Bertz CT molecular complexity index is 559. The molecule has 1 aliphatic heterocycles. The number of unbranched alkanes of at least 4 members (excludes halogenated alkanes) is 1. The van der Waals surface area contributed by atoms with Gasteiger partial charge in [-0.3, -0.25) is 14.5 Å². The maximum absolute atomic E-state index is 12.7. The summed E-state index contributed by atoms with van der Waals surface area (Å²) in [5.74, 6) is -0.980. The molecule has 1 fully saturated rings. The number of benzene rings is 1. The molecule has 2 rings (SSSR count). The molecule has 0 bridgehead atoms. The van der Waals surface area contributed by atoms with E-state index in [1.807, 2.05) is 29.2 Å². The average Bonchev–Trinajstić information content (AvgIpc) is 2.58. The molecule has 0 radical (unpaired) electrons. The summed E-state index contributed by atoms with van der Waals surface area (Å²) in [6.07, 6.45) is 4.27. The van der Waals surface area contributed by atoms with Crippen LogP contribution in [0.5, 0.6) is 0 Å². The van der Waals surface area contributed by atoms with Crippen LogP contribution in [0.1, 0.15) is 24.8 Å². The Morgan fingerprint density at radius 3 is 2.67 bits per heavy atom. The first-order valence-electron chi connectivity index (χ1n) is 8.51. The third-order valence-electron chi connectivity index (χ3n) is 4.43. The van der Waals surface area contributed by atoms with Crippen LogP contribution in [0.3, 0.4) is 0 Å². The Hall–Kier alpha value is -2.14. The van der Waals surface area contributed by atoms with E-state index in [1.54, 1.807) is 4.90 Å². The van der Waals surface area contributed by atoms with Crippen LogP contribution >= 0.6 is 0 Å². The Labute approximate surface area is 143 Å². The number of carbonyl (C=O) groups is 2. The summed E-state index contributed by atoms with van der Waals surface area (Å²) in [7, 11) is 0. The first-order chi connectivity index (χ1) is 11.6. The zero-order chi connectivity index (χ0) is 17.4. The summed E-state index contributed by atoms with van der Waals surface area (Å²) in [6, 6.07) is 9.52. The number of piperazine rings is 1. The van der Waals surface area contributed by atoms with Crippen LogP contribution in [0, 0.1) is 0 Å². The monoisotopic (exact) mass is 330 g/mol. The van der Waals surface area contributed by atoms with Gasteiger partial charge in [-0.2, -0.15) is 0 Å². The van der Waals surface area contributed by atoms with E-state index in [4.69, 9.17) is 0 Å². The van der Waals surface area contributed by atoms with Gasteiger partial charge in [0.1, 0.15) is 0 Å². The first-order valence-corrected chi connectivity index (χ1v) is 8.51. The van der Waals surface area contributed by atoms with E-state index in [-0.39, 0.29) is 12.3 Å². The second-order valence-corrected chi connectivity index (χ2v) is 6.14. The number of nitrogens with zero attached hydrogens (tertiary/aromatic N) is 2. The summed E-state index contributed by atoms with van der Waals surface area (Å²) in [4.78, 5) is 27.7. The second kappa shape index (κ2) is 9.23. The van der Waals surface area contributed by atoms with E-state index in [2.05, 4.69) is 18.7 Å². The van der Waals surface area contributed by atoms with Crippen molar-refractivity contribution in [1.82, 2.24) is 9.80 Å². The quantitative estimate of drug-likeness (QED) is 0.557. The van der Waals surface area contributed by atoms with Gasteiger partial charge in [-0.1, -0.05) is 36.4 Å². The number of hydrogen-bond acceptors (Lipinski definition) is 3. The van der Waals surface area contributed by atoms with Gasteiger partial charge in [0.05, 0.1) is 12.5 Å². The second-order valence-electron chi connectivity index (χ2n) is 6.14. The SMILES string of the molecule is C=CCCCN1CCN(CCc2ccccc2)C(CC(=O)O)C1=O. The summed E-state index contributed by atoms with van der Waals surface area (Å²) in [5.41, 5.74) is 1.20. The number of hydrogen-bond donors (Lipinski definition) is 1. The zero-order valence-corrected chi connectivity index (χ0v) is 14.1. The minimum atomic E-state index is -0.925. The van der Waals surface area contributed by atoms with Crippen LogP contribution in [0.15, 0.2) is 43.0 Å². The lowest BCUT2D eigenvalue weighted by Crippen LogP contribution is -2.58. The normalized spacial score (nSPS) is 18.6. The van der Waals surface area contributed by atoms with Crippen molar-refractivity contribution < 1.29 is 14.7 Å². The molecule has 1 aromatic carbocycles. The topological polar surface area (TPSA) is 60.9 Å². The Morgan fingerprint density at radius 1 is 1.25 bits per heavy atom. The maximum Gasteiger partial charge on any atom is 0.305 e. The standard InChI is InChI=1S/C19H26N2O3/c1-2-3-7-11-21-14-13-20(17(19(21)24)15-18(22)23)12-10-16-8-5-4-6-9-16/h2,4-6,8-9,17H,1,3,7,10-15H2,(H,22,23). The Balaban J connectivity index is 1.98. The van der Waals surface area contributed by atoms with E-state index >= 15 is 0 Å². The molecule has 130 valence electrons. The van der Waals surface area contributed by atoms with Crippen molar-refractivity contribution >= 4 is 11.9 Å². The fraction of sp³-hybridized carbons (Fsp3) is 0.474.